The summed E-state index contributed by atoms with van der Waals surface area (Å²) in [5, 5.41) is 2.11. The molecule has 6 nitrogen and oxygen atoms in total. The minimum absolute atomic E-state index is 0.274. The van der Waals surface area contributed by atoms with Gasteiger partial charge in [0.05, 0.1) is 25.6 Å². The summed E-state index contributed by atoms with van der Waals surface area (Å²) in [6.07, 6.45) is 0. The number of carbonyl (C=O) groups excluding carboxylic acids is 2. The second-order valence-electron chi connectivity index (χ2n) is 5.41. The van der Waals surface area contributed by atoms with Gasteiger partial charge in [0.1, 0.15) is 18.0 Å². The normalized spacial score (nSPS) is 10.3. The second-order valence-corrected chi connectivity index (χ2v) is 5.41. The Morgan fingerprint density at radius 1 is 1.04 bits per heavy atom. The summed E-state index contributed by atoms with van der Waals surface area (Å²) in [6, 6.07) is 6.18. The molecule has 27 heavy (non-hydrogen) atoms. The molecule has 2 aromatic rings. The van der Waals surface area contributed by atoms with Gasteiger partial charge in [-0.15, -0.1) is 0 Å². The van der Waals surface area contributed by atoms with Crippen molar-refractivity contribution in [2.45, 2.75) is 6.92 Å². The number of anilines is 2. The maximum absolute atomic E-state index is 13.7. The number of amides is 2. The Balaban J connectivity index is 2.25. The Hall–Kier alpha value is -3.23. The van der Waals surface area contributed by atoms with Crippen molar-refractivity contribution < 1.29 is 32.2 Å². The average molecular weight is 382 g/mol. The number of hydrogen-bond acceptors (Lipinski definition) is 4. The van der Waals surface area contributed by atoms with E-state index in [1.807, 2.05) is 0 Å². The van der Waals surface area contributed by atoms with Crippen molar-refractivity contribution in [2.75, 3.05) is 31.0 Å². The summed E-state index contributed by atoms with van der Waals surface area (Å²) in [5.41, 5.74) is -0.254. The summed E-state index contributed by atoms with van der Waals surface area (Å²) in [4.78, 5) is 25.3. The van der Waals surface area contributed by atoms with Gasteiger partial charge < -0.3 is 14.8 Å². The molecule has 0 radical (unpaired) electrons. The van der Waals surface area contributed by atoms with Gasteiger partial charge in [-0.3, -0.25) is 14.5 Å². The fraction of sp³-hybridized carbons (Fsp3) is 0.222. The number of hydrogen-bond donors (Lipinski definition) is 1. The van der Waals surface area contributed by atoms with Gasteiger partial charge in [-0.25, -0.2) is 13.2 Å². The molecule has 144 valence electrons. The fourth-order valence-corrected chi connectivity index (χ4v) is 2.33. The molecule has 2 amide bonds. The molecular weight excluding hydrogens is 365 g/mol. The molecule has 0 unspecified atom stereocenters. The van der Waals surface area contributed by atoms with Crippen molar-refractivity contribution >= 4 is 23.2 Å². The van der Waals surface area contributed by atoms with Crippen molar-refractivity contribution in [3.05, 3.63) is 47.8 Å². The van der Waals surface area contributed by atoms with Crippen molar-refractivity contribution in [1.82, 2.24) is 0 Å². The van der Waals surface area contributed by atoms with Gasteiger partial charge in [-0.1, -0.05) is 0 Å². The van der Waals surface area contributed by atoms with Crippen LogP contribution in [0.25, 0.3) is 0 Å². The molecule has 2 rings (SSSR count). The van der Waals surface area contributed by atoms with Crippen LogP contribution in [0.3, 0.4) is 0 Å². The summed E-state index contributed by atoms with van der Waals surface area (Å²) in [6.45, 7) is 0.728. The minimum atomic E-state index is -1.70. The summed E-state index contributed by atoms with van der Waals surface area (Å²) >= 11 is 0. The van der Waals surface area contributed by atoms with Gasteiger partial charge in [0.15, 0.2) is 17.5 Å². The molecule has 0 aliphatic carbocycles. The van der Waals surface area contributed by atoms with E-state index in [1.165, 1.54) is 33.3 Å². The largest absolute Gasteiger partial charge is 0.497 e. The first kappa shape index (κ1) is 20.1. The number of ether oxygens (including phenoxy) is 2. The zero-order valence-electron chi connectivity index (χ0n) is 14.8. The highest BCUT2D eigenvalue weighted by atomic mass is 19.2. The van der Waals surface area contributed by atoms with Crippen molar-refractivity contribution in [3.8, 4) is 11.5 Å². The molecule has 0 aliphatic heterocycles. The number of benzene rings is 2. The monoisotopic (exact) mass is 382 g/mol. The van der Waals surface area contributed by atoms with Crippen LogP contribution in [0.5, 0.6) is 11.5 Å². The number of halogens is 3. The van der Waals surface area contributed by atoms with Gasteiger partial charge in [0, 0.05) is 13.0 Å². The molecule has 1 N–H and O–H groups in total. The minimum Gasteiger partial charge on any atom is -0.497 e. The van der Waals surface area contributed by atoms with E-state index in [1.54, 1.807) is 6.07 Å². The lowest BCUT2D eigenvalue weighted by Crippen LogP contribution is -2.37. The lowest BCUT2D eigenvalue weighted by Gasteiger charge is -2.23. The van der Waals surface area contributed by atoms with E-state index in [-0.39, 0.29) is 11.4 Å². The summed E-state index contributed by atoms with van der Waals surface area (Å²) < 4.78 is 50.2. The third-order valence-electron chi connectivity index (χ3n) is 3.67. The molecule has 0 fully saturated rings. The molecule has 0 aliphatic rings. The average Bonchev–Trinajstić information content (AvgIpc) is 2.66. The lowest BCUT2D eigenvalue weighted by molar-refractivity contribution is -0.120. The van der Waals surface area contributed by atoms with E-state index >= 15 is 0 Å². The van der Waals surface area contributed by atoms with Crippen LogP contribution in [0.2, 0.25) is 0 Å². The molecule has 0 aromatic heterocycles. The zero-order chi connectivity index (χ0) is 20.1. The molecule has 0 saturated heterocycles. The molecule has 2 aromatic carbocycles. The van der Waals surface area contributed by atoms with Crippen LogP contribution in [0.15, 0.2) is 30.3 Å². The molecule has 0 bridgehead atoms. The molecule has 0 atom stereocenters. The molecule has 9 heteroatoms. The van der Waals surface area contributed by atoms with Crippen molar-refractivity contribution in [1.29, 1.82) is 0 Å². The van der Waals surface area contributed by atoms with Crippen LogP contribution >= 0.6 is 0 Å². The van der Waals surface area contributed by atoms with E-state index < -0.39 is 41.5 Å². The summed E-state index contributed by atoms with van der Waals surface area (Å²) in [5.74, 6) is -5.15. The summed E-state index contributed by atoms with van der Waals surface area (Å²) in [7, 11) is 2.84. The Kier molecular flexibility index (Phi) is 6.27. The fourth-order valence-electron chi connectivity index (χ4n) is 2.33. The smallest absolute Gasteiger partial charge is 0.244 e. The van der Waals surface area contributed by atoms with Gasteiger partial charge >= 0.3 is 0 Å². The quantitative estimate of drug-likeness (QED) is 0.780. The van der Waals surface area contributed by atoms with Gasteiger partial charge in [0.25, 0.3) is 0 Å². The SMILES string of the molecule is COc1ccc(N(CC(=O)Nc2ccc(F)c(F)c2F)C(C)=O)c(OC)c1. The van der Waals surface area contributed by atoms with Crippen LogP contribution in [0, 0.1) is 17.5 Å². The zero-order valence-corrected chi connectivity index (χ0v) is 14.8. The van der Waals surface area contributed by atoms with E-state index in [4.69, 9.17) is 9.47 Å². The molecule has 0 heterocycles. The highest BCUT2D eigenvalue weighted by Gasteiger charge is 2.22. The van der Waals surface area contributed by atoms with E-state index in [9.17, 15) is 22.8 Å². The van der Waals surface area contributed by atoms with Gasteiger partial charge in [0.2, 0.25) is 11.8 Å². The number of carbonyl (C=O) groups is 2. The van der Waals surface area contributed by atoms with Crippen molar-refractivity contribution in [3.63, 3.8) is 0 Å². The third kappa shape index (κ3) is 4.49. The molecule has 0 saturated carbocycles. The molecular formula is C18H17F3N2O4. The maximum Gasteiger partial charge on any atom is 0.244 e. The Labute approximate surface area is 153 Å². The van der Waals surface area contributed by atoms with Crippen LogP contribution in [0.1, 0.15) is 6.92 Å². The lowest BCUT2D eigenvalue weighted by atomic mass is 10.2. The topological polar surface area (TPSA) is 67.9 Å². The van der Waals surface area contributed by atoms with E-state index in [0.717, 1.165) is 11.0 Å². The van der Waals surface area contributed by atoms with Crippen LogP contribution in [-0.2, 0) is 9.59 Å². The third-order valence-corrected chi connectivity index (χ3v) is 3.67. The van der Waals surface area contributed by atoms with Crippen LogP contribution < -0.4 is 19.7 Å². The Morgan fingerprint density at radius 3 is 2.33 bits per heavy atom. The predicted octanol–water partition coefficient (Wildman–Crippen LogP) is 3.11. The molecule has 0 spiro atoms. The number of rotatable bonds is 6. The van der Waals surface area contributed by atoms with Gasteiger partial charge in [-0.05, 0) is 24.3 Å². The van der Waals surface area contributed by atoms with E-state index in [0.29, 0.717) is 11.8 Å². The van der Waals surface area contributed by atoms with Crippen LogP contribution in [0.4, 0.5) is 24.5 Å². The highest BCUT2D eigenvalue weighted by Crippen LogP contribution is 2.32. The standard InChI is InChI=1S/C18H17F3N2O4/c1-10(24)23(14-7-4-11(26-2)8-15(14)27-3)9-16(25)22-13-6-5-12(19)17(20)18(13)21/h4-8H,9H2,1-3H3,(H,22,25). The first-order chi connectivity index (χ1) is 12.8. The Bertz CT molecular complexity index is 874. The first-order valence-electron chi connectivity index (χ1n) is 7.72. The van der Waals surface area contributed by atoms with E-state index in [2.05, 4.69) is 5.32 Å². The first-order valence-corrected chi connectivity index (χ1v) is 7.72. The Morgan fingerprint density at radius 2 is 1.74 bits per heavy atom. The number of nitrogens with zero attached hydrogens (tertiary/aromatic N) is 1. The van der Waals surface area contributed by atoms with Crippen LogP contribution in [-0.4, -0.2) is 32.6 Å². The second kappa shape index (κ2) is 8.43. The highest BCUT2D eigenvalue weighted by molar-refractivity contribution is 6.02. The van der Waals surface area contributed by atoms with Gasteiger partial charge in [-0.2, -0.15) is 0 Å². The number of nitrogens with one attached hydrogen (secondary N) is 1. The van der Waals surface area contributed by atoms with Crippen molar-refractivity contribution in [2.24, 2.45) is 0 Å². The number of methoxy groups -OCH3 is 2. The predicted molar refractivity (Wildman–Crippen MR) is 92.5 cm³/mol. The maximum atomic E-state index is 13.7.